The van der Waals surface area contributed by atoms with Crippen LogP contribution in [-0.2, 0) is 16.0 Å². The first kappa shape index (κ1) is 17.5. The van der Waals surface area contributed by atoms with E-state index in [9.17, 15) is 9.59 Å². The minimum atomic E-state index is -0.276. The number of rotatable bonds is 5. The molecule has 25 heavy (non-hydrogen) atoms. The van der Waals surface area contributed by atoms with E-state index in [-0.39, 0.29) is 17.7 Å². The van der Waals surface area contributed by atoms with Crippen molar-refractivity contribution in [3.63, 3.8) is 0 Å². The molecule has 0 bridgehead atoms. The molecule has 0 atom stereocenters. The molecule has 1 saturated heterocycles. The van der Waals surface area contributed by atoms with Crippen LogP contribution < -0.4 is 5.73 Å². The quantitative estimate of drug-likeness (QED) is 0.886. The number of carbonyl (C=O) groups is 2. The summed E-state index contributed by atoms with van der Waals surface area (Å²) in [5, 5.41) is 0.661. The van der Waals surface area contributed by atoms with Crippen molar-refractivity contribution in [1.82, 2.24) is 9.88 Å². The van der Waals surface area contributed by atoms with Crippen LogP contribution in [0.15, 0.2) is 34.9 Å². The highest BCUT2D eigenvalue weighted by atomic mass is 35.5. The zero-order valence-electron chi connectivity index (χ0n) is 13.8. The molecule has 6 nitrogen and oxygen atoms in total. The Kier molecular flexibility index (Phi) is 5.38. The summed E-state index contributed by atoms with van der Waals surface area (Å²) in [6, 6.07) is 7.30. The number of halogens is 1. The number of carbonyl (C=O) groups excluding carboxylic acids is 2. The van der Waals surface area contributed by atoms with Crippen molar-refractivity contribution in [3.8, 4) is 11.3 Å². The summed E-state index contributed by atoms with van der Waals surface area (Å²) in [5.74, 6) is 0.847. The van der Waals surface area contributed by atoms with Crippen molar-refractivity contribution in [3.05, 3.63) is 41.4 Å². The Bertz CT molecular complexity index is 749. The van der Waals surface area contributed by atoms with Gasteiger partial charge in [-0.05, 0) is 37.1 Å². The zero-order valence-corrected chi connectivity index (χ0v) is 14.5. The van der Waals surface area contributed by atoms with E-state index in [0.717, 1.165) is 5.56 Å². The van der Waals surface area contributed by atoms with Crippen LogP contribution in [0.25, 0.3) is 11.3 Å². The molecule has 132 valence electrons. The second-order valence-electron chi connectivity index (χ2n) is 6.18. The van der Waals surface area contributed by atoms with Crippen LogP contribution in [0, 0.1) is 5.92 Å². The van der Waals surface area contributed by atoms with Crippen LogP contribution >= 0.6 is 11.6 Å². The molecule has 2 heterocycles. The Hall–Kier alpha value is -2.34. The second-order valence-corrected chi connectivity index (χ2v) is 6.62. The normalized spacial score (nSPS) is 15.3. The average molecular weight is 362 g/mol. The summed E-state index contributed by atoms with van der Waals surface area (Å²) < 4.78 is 5.71. The molecule has 2 amide bonds. The highest BCUT2D eigenvalue weighted by Crippen LogP contribution is 2.23. The summed E-state index contributed by atoms with van der Waals surface area (Å²) in [6.07, 6.45) is 3.72. The lowest BCUT2D eigenvalue weighted by Crippen LogP contribution is -2.41. The van der Waals surface area contributed by atoms with Crippen LogP contribution in [0.4, 0.5) is 0 Å². The minimum absolute atomic E-state index is 0.0502. The van der Waals surface area contributed by atoms with Crippen molar-refractivity contribution in [2.75, 3.05) is 13.1 Å². The predicted molar refractivity (Wildman–Crippen MR) is 93.8 cm³/mol. The van der Waals surface area contributed by atoms with Crippen LogP contribution in [0.2, 0.25) is 5.02 Å². The van der Waals surface area contributed by atoms with Crippen LogP contribution in [0.1, 0.15) is 25.2 Å². The monoisotopic (exact) mass is 361 g/mol. The Morgan fingerprint density at radius 1 is 1.24 bits per heavy atom. The SMILES string of the molecule is NC(=O)C1CCN(C(=O)CCc2ncc(-c3ccc(Cl)cc3)o2)CC1. The Morgan fingerprint density at radius 2 is 1.92 bits per heavy atom. The molecular weight excluding hydrogens is 342 g/mol. The number of likely N-dealkylation sites (tertiary alicyclic amines) is 1. The molecule has 7 heteroatoms. The summed E-state index contributed by atoms with van der Waals surface area (Å²) in [5.41, 5.74) is 6.20. The van der Waals surface area contributed by atoms with E-state index in [0.29, 0.717) is 55.4 Å². The first-order chi connectivity index (χ1) is 12.0. The van der Waals surface area contributed by atoms with Crippen molar-refractivity contribution in [1.29, 1.82) is 0 Å². The van der Waals surface area contributed by atoms with E-state index < -0.39 is 0 Å². The van der Waals surface area contributed by atoms with Crippen molar-refractivity contribution >= 4 is 23.4 Å². The van der Waals surface area contributed by atoms with Gasteiger partial charge < -0.3 is 15.1 Å². The highest BCUT2D eigenvalue weighted by molar-refractivity contribution is 6.30. The minimum Gasteiger partial charge on any atom is -0.441 e. The highest BCUT2D eigenvalue weighted by Gasteiger charge is 2.25. The molecule has 1 aliphatic heterocycles. The maximum atomic E-state index is 12.3. The standard InChI is InChI=1S/C18H20ClN3O3/c19-14-3-1-12(2-4-14)15-11-21-16(25-15)5-6-17(23)22-9-7-13(8-10-22)18(20)24/h1-4,11,13H,5-10H2,(H2,20,24). The van der Waals surface area contributed by atoms with Crippen molar-refractivity contribution in [2.45, 2.75) is 25.7 Å². The maximum Gasteiger partial charge on any atom is 0.223 e. The molecule has 0 aliphatic carbocycles. The number of amides is 2. The number of aryl methyl sites for hydroxylation is 1. The summed E-state index contributed by atoms with van der Waals surface area (Å²) in [7, 11) is 0. The van der Waals surface area contributed by atoms with Gasteiger partial charge in [0.25, 0.3) is 0 Å². The van der Waals surface area contributed by atoms with Gasteiger partial charge in [-0.2, -0.15) is 0 Å². The second kappa shape index (κ2) is 7.70. The van der Waals surface area contributed by atoms with Crippen molar-refractivity contribution in [2.24, 2.45) is 11.7 Å². The lowest BCUT2D eigenvalue weighted by molar-refractivity contribution is -0.134. The molecule has 2 aromatic rings. The number of hydrogen-bond donors (Lipinski definition) is 1. The maximum absolute atomic E-state index is 12.3. The molecule has 1 aromatic carbocycles. The number of piperidine rings is 1. The van der Waals surface area contributed by atoms with Crippen molar-refractivity contribution < 1.29 is 14.0 Å². The van der Waals surface area contributed by atoms with E-state index >= 15 is 0 Å². The molecule has 0 radical (unpaired) electrons. The number of nitrogens with two attached hydrogens (primary N) is 1. The van der Waals surface area contributed by atoms with Crippen LogP contribution in [-0.4, -0.2) is 34.8 Å². The number of oxazole rings is 1. The van der Waals surface area contributed by atoms with Gasteiger partial charge >= 0.3 is 0 Å². The molecule has 1 aromatic heterocycles. The lowest BCUT2D eigenvalue weighted by atomic mass is 9.96. The third-order valence-corrected chi connectivity index (χ3v) is 4.74. The molecule has 2 N–H and O–H groups in total. The Labute approximate surface area is 151 Å². The zero-order chi connectivity index (χ0) is 17.8. The number of benzene rings is 1. The molecule has 0 saturated carbocycles. The van der Waals surface area contributed by atoms with Crippen LogP contribution in [0.3, 0.4) is 0 Å². The van der Waals surface area contributed by atoms with Gasteiger partial charge in [0.05, 0.1) is 6.20 Å². The van der Waals surface area contributed by atoms with E-state index in [2.05, 4.69) is 4.98 Å². The van der Waals surface area contributed by atoms with Gasteiger partial charge in [-0.1, -0.05) is 11.6 Å². The van der Waals surface area contributed by atoms with Gasteiger partial charge in [-0.25, -0.2) is 4.98 Å². The van der Waals surface area contributed by atoms with E-state index in [1.807, 2.05) is 12.1 Å². The first-order valence-electron chi connectivity index (χ1n) is 8.30. The first-order valence-corrected chi connectivity index (χ1v) is 8.68. The fraction of sp³-hybridized carbons (Fsp3) is 0.389. The van der Waals surface area contributed by atoms with Gasteiger partial charge in [0.1, 0.15) is 0 Å². The number of hydrogen-bond acceptors (Lipinski definition) is 4. The topological polar surface area (TPSA) is 89.4 Å². The third-order valence-electron chi connectivity index (χ3n) is 4.49. The molecule has 0 unspecified atom stereocenters. The van der Waals surface area contributed by atoms with Gasteiger partial charge in [0.2, 0.25) is 11.8 Å². The average Bonchev–Trinajstić information content (AvgIpc) is 3.09. The van der Waals surface area contributed by atoms with E-state index in [1.165, 1.54) is 0 Å². The fourth-order valence-electron chi connectivity index (χ4n) is 2.96. The lowest BCUT2D eigenvalue weighted by Gasteiger charge is -2.30. The molecule has 0 spiro atoms. The number of nitrogens with zero attached hydrogens (tertiary/aromatic N) is 2. The summed E-state index contributed by atoms with van der Waals surface area (Å²) >= 11 is 5.88. The smallest absolute Gasteiger partial charge is 0.223 e. The van der Waals surface area contributed by atoms with E-state index in [4.69, 9.17) is 21.8 Å². The Morgan fingerprint density at radius 3 is 2.56 bits per heavy atom. The summed E-state index contributed by atoms with van der Waals surface area (Å²) in [6.45, 7) is 1.15. The molecule has 3 rings (SSSR count). The van der Waals surface area contributed by atoms with Gasteiger partial charge in [-0.3, -0.25) is 9.59 Å². The number of aromatic nitrogens is 1. The fourth-order valence-corrected chi connectivity index (χ4v) is 3.08. The molecular formula is C18H20ClN3O3. The largest absolute Gasteiger partial charge is 0.441 e. The number of primary amides is 1. The molecule has 1 fully saturated rings. The van der Waals surface area contributed by atoms with E-state index in [1.54, 1.807) is 23.2 Å². The predicted octanol–water partition coefficient (Wildman–Crippen LogP) is 2.65. The Balaban J connectivity index is 1.51. The van der Waals surface area contributed by atoms with Crippen LogP contribution in [0.5, 0.6) is 0 Å². The van der Waals surface area contributed by atoms with Gasteiger partial charge in [-0.15, -0.1) is 0 Å². The third kappa shape index (κ3) is 4.39. The van der Waals surface area contributed by atoms with Gasteiger partial charge in [0, 0.05) is 42.4 Å². The molecule has 1 aliphatic rings. The summed E-state index contributed by atoms with van der Waals surface area (Å²) in [4.78, 5) is 29.5. The van der Waals surface area contributed by atoms with Gasteiger partial charge in [0.15, 0.2) is 11.7 Å².